The van der Waals surface area contributed by atoms with Crippen molar-refractivity contribution in [3.05, 3.63) is 35.4 Å². The Balaban J connectivity index is 2.44. The van der Waals surface area contributed by atoms with Crippen LogP contribution >= 0.6 is 0 Å². The van der Waals surface area contributed by atoms with E-state index in [1.165, 1.54) is 0 Å². The molecule has 1 atom stereocenters. The van der Waals surface area contributed by atoms with Crippen molar-refractivity contribution in [1.29, 1.82) is 0 Å². The molecule has 0 aromatic heterocycles. The van der Waals surface area contributed by atoms with E-state index >= 15 is 0 Å². The minimum absolute atomic E-state index is 0.125. The third-order valence-corrected chi connectivity index (χ3v) is 3.18. The molecule has 2 rings (SSSR count). The number of halogens is 3. The van der Waals surface area contributed by atoms with Gasteiger partial charge in [0.25, 0.3) is 0 Å². The Kier molecular flexibility index (Phi) is 2.70. The van der Waals surface area contributed by atoms with Gasteiger partial charge in [-0.05, 0) is 31.9 Å². The van der Waals surface area contributed by atoms with E-state index in [1.54, 1.807) is 24.3 Å². The summed E-state index contributed by atoms with van der Waals surface area (Å²) >= 11 is 0. The van der Waals surface area contributed by atoms with Gasteiger partial charge in [0, 0.05) is 0 Å². The van der Waals surface area contributed by atoms with E-state index in [4.69, 9.17) is 0 Å². The lowest BCUT2D eigenvalue weighted by Gasteiger charge is -2.32. The van der Waals surface area contributed by atoms with Crippen molar-refractivity contribution in [3.8, 4) is 0 Å². The zero-order valence-corrected chi connectivity index (χ0v) is 9.06. The van der Waals surface area contributed by atoms with Crippen LogP contribution in [0.15, 0.2) is 24.3 Å². The van der Waals surface area contributed by atoms with E-state index in [2.05, 4.69) is 5.32 Å². The summed E-state index contributed by atoms with van der Waals surface area (Å²) in [7, 11) is 0. The molecule has 1 aliphatic heterocycles. The monoisotopic (exact) mass is 229 g/mol. The van der Waals surface area contributed by atoms with E-state index in [9.17, 15) is 13.2 Å². The molecule has 1 nitrogen and oxygen atoms in total. The minimum Gasteiger partial charge on any atom is -0.300 e. The smallest absolute Gasteiger partial charge is 0.300 e. The molecule has 0 radical (unpaired) electrons. The Bertz CT molecular complexity index is 361. The Labute approximate surface area is 92.7 Å². The predicted octanol–water partition coefficient (Wildman–Crippen LogP) is 3.14. The molecule has 0 spiro atoms. The molecule has 0 aliphatic carbocycles. The molecule has 0 bridgehead atoms. The van der Waals surface area contributed by atoms with E-state index < -0.39 is 11.7 Å². The van der Waals surface area contributed by atoms with Crippen LogP contribution in [0.1, 0.15) is 24.0 Å². The Morgan fingerprint density at radius 2 is 1.81 bits per heavy atom. The fourth-order valence-corrected chi connectivity index (χ4v) is 2.23. The Morgan fingerprint density at radius 3 is 2.25 bits per heavy atom. The average molecular weight is 229 g/mol. The fraction of sp³-hybridized carbons (Fsp3) is 0.500. The van der Waals surface area contributed by atoms with Gasteiger partial charge in [-0.3, -0.25) is 5.32 Å². The predicted molar refractivity (Wildman–Crippen MR) is 56.1 cm³/mol. The average Bonchev–Trinajstić information content (AvgIpc) is 2.68. The number of rotatable bonds is 1. The molecule has 0 amide bonds. The second-order valence-corrected chi connectivity index (χ2v) is 4.30. The van der Waals surface area contributed by atoms with Crippen LogP contribution in [0.3, 0.4) is 0 Å². The summed E-state index contributed by atoms with van der Waals surface area (Å²) in [6.45, 7) is 2.29. The molecular formula is C12H14F3N. The Hall–Kier alpha value is -1.03. The molecule has 1 aliphatic rings. The number of aryl methyl sites for hydroxylation is 1. The van der Waals surface area contributed by atoms with Crippen molar-refractivity contribution in [2.45, 2.75) is 31.5 Å². The summed E-state index contributed by atoms with van der Waals surface area (Å²) in [5.74, 6) is 0. The third kappa shape index (κ3) is 1.71. The maximum absolute atomic E-state index is 13.1. The molecule has 1 aromatic carbocycles. The van der Waals surface area contributed by atoms with E-state index in [-0.39, 0.29) is 6.42 Å². The number of alkyl halides is 3. The lowest BCUT2D eigenvalue weighted by molar-refractivity contribution is -0.196. The number of nitrogens with one attached hydrogen (secondary N) is 1. The summed E-state index contributed by atoms with van der Waals surface area (Å²) in [5, 5.41) is 2.62. The lowest BCUT2D eigenvalue weighted by Crippen LogP contribution is -2.49. The van der Waals surface area contributed by atoms with E-state index in [0.29, 0.717) is 18.5 Å². The highest BCUT2D eigenvalue weighted by atomic mass is 19.4. The lowest BCUT2D eigenvalue weighted by atomic mass is 9.87. The Morgan fingerprint density at radius 1 is 1.19 bits per heavy atom. The number of benzene rings is 1. The largest absolute Gasteiger partial charge is 0.410 e. The maximum Gasteiger partial charge on any atom is 0.410 e. The topological polar surface area (TPSA) is 12.0 Å². The molecule has 4 heteroatoms. The molecule has 88 valence electrons. The molecule has 0 unspecified atom stereocenters. The van der Waals surface area contributed by atoms with Crippen molar-refractivity contribution >= 4 is 0 Å². The van der Waals surface area contributed by atoms with Gasteiger partial charge in [0.05, 0.1) is 0 Å². The van der Waals surface area contributed by atoms with Gasteiger partial charge in [-0.2, -0.15) is 13.2 Å². The summed E-state index contributed by atoms with van der Waals surface area (Å²) in [6, 6.07) is 6.59. The summed E-state index contributed by atoms with van der Waals surface area (Å²) in [6.07, 6.45) is -3.55. The van der Waals surface area contributed by atoms with Crippen LogP contribution in [0.5, 0.6) is 0 Å². The highest BCUT2D eigenvalue weighted by Gasteiger charge is 2.56. The van der Waals surface area contributed by atoms with Crippen LogP contribution < -0.4 is 5.32 Å². The minimum atomic E-state index is -4.24. The SMILES string of the molecule is Cc1ccc([C@@]2(C(F)(F)F)CCCN2)cc1. The van der Waals surface area contributed by atoms with E-state index in [1.807, 2.05) is 6.92 Å². The molecular weight excluding hydrogens is 215 g/mol. The van der Waals surface area contributed by atoms with Gasteiger partial charge in [-0.25, -0.2) is 0 Å². The van der Waals surface area contributed by atoms with Gasteiger partial charge in [-0.15, -0.1) is 0 Å². The zero-order chi connectivity index (χ0) is 11.8. The first kappa shape index (κ1) is 11.5. The van der Waals surface area contributed by atoms with Crippen molar-refractivity contribution in [2.75, 3.05) is 6.54 Å². The first-order chi connectivity index (χ1) is 7.46. The van der Waals surface area contributed by atoms with Crippen LogP contribution in [-0.2, 0) is 5.54 Å². The third-order valence-electron chi connectivity index (χ3n) is 3.18. The summed E-state index contributed by atoms with van der Waals surface area (Å²) < 4.78 is 39.4. The van der Waals surface area contributed by atoms with Crippen molar-refractivity contribution in [1.82, 2.24) is 5.32 Å². The standard InChI is InChI=1S/C12H14F3N/c1-9-3-5-10(6-4-9)11(12(13,14)15)7-2-8-16-11/h3-6,16H,2,7-8H2,1H3/t11-/m1/s1. The molecule has 0 saturated carbocycles. The molecule has 1 saturated heterocycles. The van der Waals surface area contributed by atoms with Crippen molar-refractivity contribution in [2.24, 2.45) is 0 Å². The first-order valence-corrected chi connectivity index (χ1v) is 5.35. The highest BCUT2D eigenvalue weighted by molar-refractivity contribution is 5.30. The van der Waals surface area contributed by atoms with Gasteiger partial charge < -0.3 is 0 Å². The van der Waals surface area contributed by atoms with Crippen LogP contribution in [0.4, 0.5) is 13.2 Å². The van der Waals surface area contributed by atoms with Crippen LogP contribution in [0, 0.1) is 6.92 Å². The molecule has 1 aromatic rings. The number of hydrogen-bond acceptors (Lipinski definition) is 1. The van der Waals surface area contributed by atoms with Crippen molar-refractivity contribution < 1.29 is 13.2 Å². The fourth-order valence-electron chi connectivity index (χ4n) is 2.23. The summed E-state index contributed by atoms with van der Waals surface area (Å²) in [5.41, 5.74) is -0.539. The van der Waals surface area contributed by atoms with Gasteiger partial charge in [0.2, 0.25) is 0 Å². The van der Waals surface area contributed by atoms with Crippen molar-refractivity contribution in [3.63, 3.8) is 0 Å². The normalized spacial score (nSPS) is 26.0. The first-order valence-electron chi connectivity index (χ1n) is 5.35. The molecule has 1 fully saturated rings. The van der Waals surface area contributed by atoms with Gasteiger partial charge in [0.15, 0.2) is 0 Å². The van der Waals surface area contributed by atoms with Crippen LogP contribution in [0.25, 0.3) is 0 Å². The molecule has 16 heavy (non-hydrogen) atoms. The highest BCUT2D eigenvalue weighted by Crippen LogP contribution is 2.44. The van der Waals surface area contributed by atoms with E-state index in [0.717, 1.165) is 5.56 Å². The van der Waals surface area contributed by atoms with Crippen LogP contribution in [-0.4, -0.2) is 12.7 Å². The quantitative estimate of drug-likeness (QED) is 0.780. The molecule has 1 heterocycles. The second-order valence-electron chi connectivity index (χ2n) is 4.30. The maximum atomic E-state index is 13.1. The molecule has 1 N–H and O–H groups in total. The second kappa shape index (κ2) is 3.77. The number of hydrogen-bond donors (Lipinski definition) is 1. The van der Waals surface area contributed by atoms with Gasteiger partial charge in [0.1, 0.15) is 5.54 Å². The van der Waals surface area contributed by atoms with Gasteiger partial charge in [-0.1, -0.05) is 29.8 Å². The summed E-state index contributed by atoms with van der Waals surface area (Å²) in [4.78, 5) is 0. The zero-order valence-electron chi connectivity index (χ0n) is 9.06. The van der Waals surface area contributed by atoms with Crippen LogP contribution in [0.2, 0.25) is 0 Å². The van der Waals surface area contributed by atoms with Gasteiger partial charge >= 0.3 is 6.18 Å².